The molecule has 1 nitrogen and oxygen atoms in total. The van der Waals surface area contributed by atoms with E-state index in [1.54, 1.807) is 0 Å². The van der Waals surface area contributed by atoms with Crippen molar-refractivity contribution in [3.8, 4) is 22.4 Å². The van der Waals surface area contributed by atoms with Gasteiger partial charge in [0.2, 0.25) is 0 Å². The molecule has 2 aliphatic carbocycles. The topological polar surface area (TPSA) is 12.9 Å². The molecular formula is C26H19N. The lowest BCUT2D eigenvalue weighted by atomic mass is 9.90. The molecule has 0 N–H and O–H groups in total. The summed E-state index contributed by atoms with van der Waals surface area (Å²) < 4.78 is 0. The standard InChI is InChI=1S/C26H19N/c1-3-10-20(11-4-1)23-18-25(21-12-5-2-6-13-21)27-24-16-15-19-9-7-8-14-22(17-19)26(23)24/h1-16,18H,17H2. The summed E-state index contributed by atoms with van der Waals surface area (Å²) in [5.41, 5.74) is 9.54. The number of rotatable bonds is 2. The van der Waals surface area contributed by atoms with Gasteiger partial charge in [0.25, 0.3) is 0 Å². The van der Waals surface area contributed by atoms with Crippen LogP contribution in [0.25, 0.3) is 34.0 Å². The predicted octanol–water partition coefficient (Wildman–Crippen LogP) is 6.71. The molecule has 0 fully saturated rings. The molecule has 0 unspecified atom stereocenters. The fourth-order valence-corrected chi connectivity index (χ4v) is 3.79. The molecule has 0 radical (unpaired) electrons. The van der Waals surface area contributed by atoms with E-state index in [0.29, 0.717) is 0 Å². The van der Waals surface area contributed by atoms with E-state index in [4.69, 9.17) is 4.98 Å². The van der Waals surface area contributed by atoms with Crippen LogP contribution in [0.1, 0.15) is 17.7 Å². The molecule has 1 heteroatoms. The third kappa shape index (κ3) is 2.98. The highest BCUT2D eigenvalue weighted by Gasteiger charge is 2.20. The number of allylic oxidation sites excluding steroid dienone is 7. The average Bonchev–Trinajstić information content (AvgIpc) is 3.08. The highest BCUT2D eigenvalue weighted by atomic mass is 14.7. The van der Waals surface area contributed by atoms with Crippen LogP contribution in [-0.2, 0) is 0 Å². The maximum absolute atomic E-state index is 5.04. The summed E-state index contributed by atoms with van der Waals surface area (Å²) in [5, 5.41) is 0. The molecule has 0 atom stereocenters. The van der Waals surface area contributed by atoms with Crippen molar-refractivity contribution in [3.05, 3.63) is 114 Å². The summed E-state index contributed by atoms with van der Waals surface area (Å²) in [6.45, 7) is 0. The van der Waals surface area contributed by atoms with E-state index in [0.717, 1.165) is 23.4 Å². The first-order chi connectivity index (χ1) is 13.4. The van der Waals surface area contributed by atoms with Gasteiger partial charge in [-0.05, 0) is 40.8 Å². The van der Waals surface area contributed by atoms with Crippen LogP contribution in [0.2, 0.25) is 0 Å². The number of hydrogen-bond donors (Lipinski definition) is 0. The first kappa shape index (κ1) is 15.8. The lowest BCUT2D eigenvalue weighted by Gasteiger charge is -2.16. The molecule has 0 saturated heterocycles. The van der Waals surface area contributed by atoms with Crippen molar-refractivity contribution in [1.29, 1.82) is 0 Å². The minimum Gasteiger partial charge on any atom is -0.248 e. The Bertz CT molecular complexity index is 1110. The zero-order valence-corrected chi connectivity index (χ0v) is 15.0. The van der Waals surface area contributed by atoms with Crippen LogP contribution in [-0.4, -0.2) is 4.98 Å². The van der Waals surface area contributed by atoms with Gasteiger partial charge >= 0.3 is 0 Å². The van der Waals surface area contributed by atoms with Crippen molar-refractivity contribution in [1.82, 2.24) is 4.98 Å². The molecule has 0 aliphatic heterocycles. The Morgan fingerprint density at radius 3 is 2.19 bits per heavy atom. The second kappa shape index (κ2) is 6.69. The number of pyridine rings is 1. The Morgan fingerprint density at radius 2 is 1.41 bits per heavy atom. The fraction of sp³-hybridized carbons (Fsp3) is 0.0385. The average molecular weight is 345 g/mol. The summed E-state index contributed by atoms with van der Waals surface area (Å²) in [5.74, 6) is 0. The number of aromatic nitrogens is 1. The van der Waals surface area contributed by atoms with E-state index in [2.05, 4.69) is 97.1 Å². The molecule has 5 rings (SSSR count). The van der Waals surface area contributed by atoms with E-state index >= 15 is 0 Å². The van der Waals surface area contributed by atoms with Crippen LogP contribution in [0.3, 0.4) is 0 Å². The molecule has 27 heavy (non-hydrogen) atoms. The van der Waals surface area contributed by atoms with Gasteiger partial charge in [-0.3, -0.25) is 0 Å². The van der Waals surface area contributed by atoms with Gasteiger partial charge in [-0.2, -0.15) is 0 Å². The first-order valence-corrected chi connectivity index (χ1v) is 9.29. The van der Waals surface area contributed by atoms with Crippen molar-refractivity contribution in [3.63, 3.8) is 0 Å². The number of benzene rings is 2. The van der Waals surface area contributed by atoms with Crippen molar-refractivity contribution in [2.24, 2.45) is 0 Å². The van der Waals surface area contributed by atoms with Crippen LogP contribution in [0.15, 0.2) is 103 Å². The zero-order chi connectivity index (χ0) is 18.1. The molecule has 0 spiro atoms. The third-order valence-corrected chi connectivity index (χ3v) is 5.09. The Kier molecular flexibility index (Phi) is 3.91. The number of hydrogen-bond acceptors (Lipinski definition) is 1. The van der Waals surface area contributed by atoms with Crippen LogP contribution >= 0.6 is 0 Å². The highest BCUT2D eigenvalue weighted by Crippen LogP contribution is 2.40. The fourth-order valence-electron chi connectivity index (χ4n) is 3.79. The second-order valence-electron chi connectivity index (χ2n) is 6.88. The van der Waals surface area contributed by atoms with E-state index in [1.165, 1.54) is 27.8 Å². The molecule has 0 amide bonds. The summed E-state index contributed by atoms with van der Waals surface area (Å²) in [4.78, 5) is 5.04. The minimum absolute atomic E-state index is 0.933. The van der Waals surface area contributed by atoms with Crippen molar-refractivity contribution < 1.29 is 0 Å². The van der Waals surface area contributed by atoms with Gasteiger partial charge in [-0.25, -0.2) is 4.98 Å². The van der Waals surface area contributed by atoms with Gasteiger partial charge in [-0.15, -0.1) is 0 Å². The smallest absolute Gasteiger partial charge is 0.0718 e. The van der Waals surface area contributed by atoms with Crippen molar-refractivity contribution in [2.45, 2.75) is 6.42 Å². The monoisotopic (exact) mass is 345 g/mol. The van der Waals surface area contributed by atoms with Crippen molar-refractivity contribution >= 4 is 11.6 Å². The Morgan fingerprint density at radius 1 is 0.704 bits per heavy atom. The van der Waals surface area contributed by atoms with Crippen LogP contribution in [0, 0.1) is 0 Å². The molecule has 2 aromatic carbocycles. The molecule has 0 saturated carbocycles. The third-order valence-electron chi connectivity index (χ3n) is 5.09. The summed E-state index contributed by atoms with van der Waals surface area (Å²) >= 11 is 0. The maximum Gasteiger partial charge on any atom is 0.0718 e. The van der Waals surface area contributed by atoms with Crippen molar-refractivity contribution in [2.75, 3.05) is 0 Å². The summed E-state index contributed by atoms with van der Waals surface area (Å²) in [7, 11) is 0. The molecule has 128 valence electrons. The molecule has 3 aromatic rings. The largest absolute Gasteiger partial charge is 0.248 e. The Balaban J connectivity index is 1.82. The van der Waals surface area contributed by atoms with Crippen LogP contribution in [0.4, 0.5) is 0 Å². The van der Waals surface area contributed by atoms with Gasteiger partial charge < -0.3 is 0 Å². The molecule has 1 aromatic heterocycles. The lowest BCUT2D eigenvalue weighted by Crippen LogP contribution is -1.98. The number of fused-ring (bicyclic) bond motifs is 4. The first-order valence-electron chi connectivity index (χ1n) is 9.29. The van der Waals surface area contributed by atoms with E-state index in [1.807, 2.05) is 6.07 Å². The van der Waals surface area contributed by atoms with Crippen LogP contribution < -0.4 is 0 Å². The number of nitrogens with zero attached hydrogens (tertiary/aromatic N) is 1. The summed E-state index contributed by atoms with van der Waals surface area (Å²) in [6, 6.07) is 23.3. The SMILES string of the molecule is C1=CC=C2CC(=C1)C=Cc1nc(-c3ccccc3)cc(-c3ccccc3)c12. The quantitative estimate of drug-likeness (QED) is 0.503. The normalized spacial score (nSPS) is 14.7. The minimum atomic E-state index is 0.933. The molecule has 1 heterocycles. The lowest BCUT2D eigenvalue weighted by molar-refractivity contribution is 1.26. The van der Waals surface area contributed by atoms with E-state index < -0.39 is 0 Å². The maximum atomic E-state index is 5.04. The van der Waals surface area contributed by atoms with Gasteiger partial charge in [0.1, 0.15) is 0 Å². The second-order valence-corrected chi connectivity index (χ2v) is 6.88. The molecule has 2 bridgehead atoms. The molecular weight excluding hydrogens is 326 g/mol. The zero-order valence-electron chi connectivity index (χ0n) is 15.0. The Hall–Kier alpha value is -3.45. The van der Waals surface area contributed by atoms with Crippen LogP contribution in [0.5, 0.6) is 0 Å². The van der Waals surface area contributed by atoms with E-state index in [-0.39, 0.29) is 0 Å². The van der Waals surface area contributed by atoms with Gasteiger partial charge in [0.05, 0.1) is 11.4 Å². The van der Waals surface area contributed by atoms with E-state index in [9.17, 15) is 0 Å². The highest BCUT2D eigenvalue weighted by molar-refractivity contribution is 5.90. The van der Waals surface area contributed by atoms with Gasteiger partial charge in [0.15, 0.2) is 0 Å². The van der Waals surface area contributed by atoms with Gasteiger partial charge in [-0.1, -0.05) is 91.0 Å². The predicted molar refractivity (Wildman–Crippen MR) is 114 cm³/mol. The summed E-state index contributed by atoms with van der Waals surface area (Å²) in [6.07, 6.45) is 14.0. The van der Waals surface area contributed by atoms with Gasteiger partial charge in [0, 0.05) is 11.1 Å². The molecule has 2 aliphatic rings. The Labute approximate surface area is 159 Å².